The van der Waals surface area contributed by atoms with Gasteiger partial charge in [0.1, 0.15) is 5.69 Å². The van der Waals surface area contributed by atoms with E-state index in [-0.39, 0.29) is 18.0 Å². The van der Waals surface area contributed by atoms with Crippen LogP contribution >= 0.6 is 11.6 Å². The number of hydrogen-bond donors (Lipinski definition) is 1. The van der Waals surface area contributed by atoms with Gasteiger partial charge in [0, 0.05) is 25.5 Å². The number of amides is 1. The van der Waals surface area contributed by atoms with Gasteiger partial charge in [-0.05, 0) is 20.2 Å². The fraction of sp³-hybridized carbons (Fsp3) is 0.462. The molecule has 0 unspecified atom stereocenters. The van der Waals surface area contributed by atoms with E-state index >= 15 is 0 Å². The summed E-state index contributed by atoms with van der Waals surface area (Å²) in [6, 6.07) is 1.94. The molecular formula is C13H17ClN6O. The smallest absolute Gasteiger partial charge is 0.270 e. The molecule has 8 heteroatoms. The third kappa shape index (κ3) is 2.66. The van der Waals surface area contributed by atoms with Crippen LogP contribution in [0, 0.1) is 0 Å². The van der Waals surface area contributed by atoms with Crippen molar-refractivity contribution >= 4 is 17.5 Å². The van der Waals surface area contributed by atoms with Gasteiger partial charge in [0.15, 0.2) is 0 Å². The van der Waals surface area contributed by atoms with E-state index in [0.717, 1.165) is 0 Å². The number of halogens is 1. The minimum absolute atomic E-state index is 0.0450. The van der Waals surface area contributed by atoms with Crippen LogP contribution in [0.5, 0.6) is 0 Å². The van der Waals surface area contributed by atoms with E-state index in [0.29, 0.717) is 23.8 Å². The molecule has 2 aromatic rings. The highest BCUT2D eigenvalue weighted by atomic mass is 35.5. The zero-order chi connectivity index (χ0) is 15.0. The Kier molecular flexibility index (Phi) is 3.69. The number of carbonyl (C=O) groups excluding carboxylic acids is 1. The number of aromatic nitrogens is 4. The second-order valence-corrected chi connectivity index (χ2v) is 5.86. The van der Waals surface area contributed by atoms with Crippen LogP contribution in [-0.4, -0.2) is 68.9 Å². The van der Waals surface area contributed by atoms with Crippen LogP contribution < -0.4 is 0 Å². The summed E-state index contributed by atoms with van der Waals surface area (Å²) in [6.07, 6.45) is 5.10. The summed E-state index contributed by atoms with van der Waals surface area (Å²) in [4.78, 5) is 19.4. The van der Waals surface area contributed by atoms with Gasteiger partial charge >= 0.3 is 0 Å². The highest BCUT2D eigenvalue weighted by Crippen LogP contribution is 2.26. The minimum atomic E-state index is -0.0450. The Hall–Kier alpha value is -1.86. The highest BCUT2D eigenvalue weighted by Gasteiger charge is 2.38. The van der Waals surface area contributed by atoms with Crippen molar-refractivity contribution in [3.05, 3.63) is 35.4 Å². The Bertz CT molecular complexity index is 622. The van der Waals surface area contributed by atoms with E-state index in [1.165, 1.54) is 0 Å². The number of carbonyl (C=O) groups is 1. The summed E-state index contributed by atoms with van der Waals surface area (Å²) in [7, 11) is 4.02. The molecule has 1 aliphatic rings. The molecule has 0 spiro atoms. The first-order chi connectivity index (χ1) is 10.1. The molecule has 21 heavy (non-hydrogen) atoms. The molecule has 2 aromatic heterocycles. The van der Waals surface area contributed by atoms with E-state index in [9.17, 15) is 4.79 Å². The molecule has 0 radical (unpaired) electrons. The Labute approximate surface area is 127 Å². The molecule has 1 amide bonds. The summed E-state index contributed by atoms with van der Waals surface area (Å²) in [5.41, 5.74) is 0.511. The normalized spacial score (nSPS) is 22.2. The summed E-state index contributed by atoms with van der Waals surface area (Å²) in [6.45, 7) is 1.24. The first-order valence-corrected chi connectivity index (χ1v) is 7.09. The van der Waals surface area contributed by atoms with Crippen LogP contribution in [0.2, 0.25) is 5.02 Å². The standard InChI is InChI=1S/C13H17ClN6O/c1-18(2)11-7-19(8-12(11)20-4-3-16-17-20)13(21)10-5-9(14)6-15-10/h3-6,11-12,15H,7-8H2,1-2H3/t11-,12+/m1/s1. The van der Waals surface area contributed by atoms with Gasteiger partial charge in [-0.1, -0.05) is 16.8 Å². The molecule has 3 rings (SSSR count). The van der Waals surface area contributed by atoms with Gasteiger partial charge in [-0.3, -0.25) is 4.79 Å². The Balaban J connectivity index is 1.81. The molecule has 1 aliphatic heterocycles. The van der Waals surface area contributed by atoms with Crippen molar-refractivity contribution < 1.29 is 4.79 Å². The topological polar surface area (TPSA) is 70.1 Å². The van der Waals surface area contributed by atoms with Crippen LogP contribution in [0.4, 0.5) is 0 Å². The maximum atomic E-state index is 12.5. The van der Waals surface area contributed by atoms with E-state index in [4.69, 9.17) is 11.6 Å². The number of likely N-dealkylation sites (tertiary alicyclic amines) is 1. The minimum Gasteiger partial charge on any atom is -0.356 e. The molecule has 7 nitrogen and oxygen atoms in total. The van der Waals surface area contributed by atoms with Gasteiger partial charge in [-0.15, -0.1) is 5.10 Å². The number of rotatable bonds is 3. The third-order valence-electron chi connectivity index (χ3n) is 3.87. The summed E-state index contributed by atoms with van der Waals surface area (Å²) in [5, 5.41) is 8.47. The zero-order valence-corrected chi connectivity index (χ0v) is 12.7. The van der Waals surface area contributed by atoms with Crippen LogP contribution in [0.3, 0.4) is 0 Å². The van der Waals surface area contributed by atoms with Gasteiger partial charge in [0.25, 0.3) is 5.91 Å². The quantitative estimate of drug-likeness (QED) is 0.914. The van der Waals surface area contributed by atoms with Crippen molar-refractivity contribution in [1.29, 1.82) is 0 Å². The molecule has 1 saturated heterocycles. The predicted octanol–water partition coefficient (Wildman–Crippen LogP) is 0.887. The molecule has 3 heterocycles. The second kappa shape index (κ2) is 5.50. The van der Waals surface area contributed by atoms with E-state index in [1.54, 1.807) is 18.5 Å². The maximum Gasteiger partial charge on any atom is 0.270 e. The fourth-order valence-corrected chi connectivity index (χ4v) is 2.92. The molecule has 1 N–H and O–H groups in total. The average Bonchev–Trinajstić information content (AvgIpc) is 3.17. The van der Waals surface area contributed by atoms with Crippen LogP contribution in [0.1, 0.15) is 16.5 Å². The first kappa shape index (κ1) is 14.1. The van der Waals surface area contributed by atoms with Crippen molar-refractivity contribution in [2.24, 2.45) is 0 Å². The molecule has 0 aromatic carbocycles. The molecule has 0 saturated carbocycles. The van der Waals surface area contributed by atoms with Crippen molar-refractivity contribution in [2.45, 2.75) is 12.1 Å². The monoisotopic (exact) mass is 308 g/mol. The molecule has 2 atom stereocenters. The summed E-state index contributed by atoms with van der Waals surface area (Å²) in [5.74, 6) is -0.0450. The Morgan fingerprint density at radius 3 is 2.86 bits per heavy atom. The zero-order valence-electron chi connectivity index (χ0n) is 11.9. The molecule has 0 bridgehead atoms. The van der Waals surface area contributed by atoms with Gasteiger partial charge in [-0.25, -0.2) is 4.68 Å². The fourth-order valence-electron chi connectivity index (χ4n) is 2.76. The van der Waals surface area contributed by atoms with Crippen molar-refractivity contribution in [3.63, 3.8) is 0 Å². The summed E-state index contributed by atoms with van der Waals surface area (Å²) < 4.78 is 1.82. The average molecular weight is 309 g/mol. The third-order valence-corrected chi connectivity index (χ3v) is 4.09. The molecule has 112 valence electrons. The van der Waals surface area contributed by atoms with Crippen LogP contribution in [0.25, 0.3) is 0 Å². The summed E-state index contributed by atoms with van der Waals surface area (Å²) >= 11 is 5.87. The number of H-pyrrole nitrogens is 1. The number of hydrogen-bond acceptors (Lipinski definition) is 4. The lowest BCUT2D eigenvalue weighted by atomic mass is 10.1. The number of nitrogens with zero attached hydrogens (tertiary/aromatic N) is 5. The van der Waals surface area contributed by atoms with Crippen molar-refractivity contribution in [3.8, 4) is 0 Å². The highest BCUT2D eigenvalue weighted by molar-refractivity contribution is 6.30. The Morgan fingerprint density at radius 1 is 1.48 bits per heavy atom. The van der Waals surface area contributed by atoms with Crippen molar-refractivity contribution in [1.82, 2.24) is 29.8 Å². The van der Waals surface area contributed by atoms with Crippen LogP contribution in [-0.2, 0) is 0 Å². The lowest BCUT2D eigenvalue weighted by Crippen LogP contribution is -2.37. The molecular weight excluding hydrogens is 292 g/mol. The van der Waals surface area contributed by atoms with E-state index in [1.807, 2.05) is 29.9 Å². The lowest BCUT2D eigenvalue weighted by molar-refractivity contribution is 0.0776. The van der Waals surface area contributed by atoms with E-state index in [2.05, 4.69) is 20.2 Å². The van der Waals surface area contributed by atoms with Gasteiger partial charge < -0.3 is 14.8 Å². The first-order valence-electron chi connectivity index (χ1n) is 6.71. The SMILES string of the molecule is CN(C)[C@@H]1CN(C(=O)c2cc(Cl)c[nH]2)C[C@@H]1n1ccnn1. The molecule has 1 fully saturated rings. The van der Waals surface area contributed by atoms with Crippen LogP contribution in [0.15, 0.2) is 24.7 Å². The number of nitrogens with one attached hydrogen (secondary N) is 1. The Morgan fingerprint density at radius 2 is 2.29 bits per heavy atom. The maximum absolute atomic E-state index is 12.5. The van der Waals surface area contributed by atoms with Gasteiger partial charge in [0.05, 0.1) is 23.3 Å². The number of aromatic amines is 1. The van der Waals surface area contributed by atoms with Gasteiger partial charge in [-0.2, -0.15) is 0 Å². The lowest BCUT2D eigenvalue weighted by Gasteiger charge is -2.24. The van der Waals surface area contributed by atoms with E-state index < -0.39 is 0 Å². The van der Waals surface area contributed by atoms with Gasteiger partial charge in [0.2, 0.25) is 0 Å². The van der Waals surface area contributed by atoms with Crippen molar-refractivity contribution in [2.75, 3.05) is 27.2 Å². The largest absolute Gasteiger partial charge is 0.356 e. The number of likely N-dealkylation sites (N-methyl/N-ethyl adjacent to an activating group) is 1. The second-order valence-electron chi connectivity index (χ2n) is 5.42. The predicted molar refractivity (Wildman–Crippen MR) is 78.2 cm³/mol. The molecule has 0 aliphatic carbocycles.